The highest BCUT2D eigenvalue weighted by molar-refractivity contribution is 5.93. The number of nitrogens with zero attached hydrogens (tertiary/aromatic N) is 12. The minimum atomic E-state index is 0.880. The predicted molar refractivity (Wildman–Crippen MR) is 374 cm³/mol. The first-order valence-corrected chi connectivity index (χ1v) is 30.6. The second-order valence-corrected chi connectivity index (χ2v) is 22.3. The molecule has 6 aromatic carbocycles. The van der Waals surface area contributed by atoms with E-state index in [2.05, 4.69) is 213 Å². The molecule has 0 saturated heterocycles. The van der Waals surface area contributed by atoms with Gasteiger partial charge in [-0.05, 0) is 125 Å². The third kappa shape index (κ3) is 10.7. The minimum absolute atomic E-state index is 0.880. The molecule has 0 radical (unpaired) electrons. The van der Waals surface area contributed by atoms with Crippen molar-refractivity contribution in [3.05, 3.63) is 329 Å². The van der Waals surface area contributed by atoms with Gasteiger partial charge in [0.15, 0.2) is 0 Å². The van der Waals surface area contributed by atoms with Crippen molar-refractivity contribution >= 4 is 49.7 Å². The summed E-state index contributed by atoms with van der Waals surface area (Å²) in [5.74, 6) is 2.65. The maximum Gasteiger partial charge on any atom is 0.146 e. The van der Waals surface area contributed by atoms with Crippen LogP contribution in [-0.2, 0) is 0 Å². The number of hydrogen-bond acceptors (Lipinski definition) is 9. The molecule has 0 aliphatic heterocycles. The Morgan fingerprint density at radius 3 is 0.935 bits per heavy atom. The molecular weight excluding hydrogens is 1140 g/mol. The molecule has 0 amide bonds. The highest BCUT2D eigenvalue weighted by Crippen LogP contribution is 2.37. The zero-order valence-corrected chi connectivity index (χ0v) is 50.0. The average Bonchev–Trinajstić information content (AvgIpc) is 1.67. The molecule has 0 atom stereocenters. The molecule has 0 bridgehead atoms. The van der Waals surface area contributed by atoms with Crippen molar-refractivity contribution in [2.45, 2.75) is 0 Å². The van der Waals surface area contributed by atoms with Crippen LogP contribution in [0.3, 0.4) is 0 Å². The summed E-state index contributed by atoms with van der Waals surface area (Å²) in [5.41, 5.74) is 21.7. The van der Waals surface area contributed by atoms with Crippen LogP contribution in [0.2, 0.25) is 0 Å². The van der Waals surface area contributed by atoms with Crippen LogP contribution in [0.15, 0.2) is 329 Å². The van der Waals surface area contributed by atoms with E-state index in [-0.39, 0.29) is 0 Å². The summed E-state index contributed by atoms with van der Waals surface area (Å²) < 4.78 is 6.49. The van der Waals surface area contributed by atoms with Crippen molar-refractivity contribution in [2.75, 3.05) is 0 Å². The van der Waals surface area contributed by atoms with Gasteiger partial charge in [0.1, 0.15) is 34.4 Å². The molecule has 0 unspecified atom stereocenters. The summed E-state index contributed by atoms with van der Waals surface area (Å²) >= 11 is 0. The topological polar surface area (TPSA) is 129 Å². The minimum Gasteiger partial charge on any atom is -0.276 e. The van der Waals surface area contributed by atoms with Crippen LogP contribution < -0.4 is 0 Å². The van der Waals surface area contributed by atoms with E-state index in [9.17, 15) is 0 Å². The molecular formula is C81H54N12. The van der Waals surface area contributed by atoms with Crippen LogP contribution in [-0.4, -0.2) is 58.1 Å². The van der Waals surface area contributed by atoms with Crippen LogP contribution in [0, 0.1) is 0 Å². The van der Waals surface area contributed by atoms with Crippen LogP contribution in [0.4, 0.5) is 0 Å². The fraction of sp³-hybridized carbons (Fsp3) is 0. The quantitative estimate of drug-likeness (QED) is 0.139. The van der Waals surface area contributed by atoms with Crippen molar-refractivity contribution in [3.8, 4) is 101 Å². The molecule has 0 fully saturated rings. The predicted octanol–water partition coefficient (Wildman–Crippen LogP) is 18.8. The summed E-state index contributed by atoms with van der Waals surface area (Å²) in [4.78, 5) is 42.1. The number of pyridine rings is 9. The van der Waals surface area contributed by atoms with Gasteiger partial charge in [-0.25, -0.2) is 29.9 Å². The van der Waals surface area contributed by atoms with E-state index in [1.807, 2.05) is 153 Å². The summed E-state index contributed by atoms with van der Waals surface area (Å²) in [7, 11) is 0. The first kappa shape index (κ1) is 55.4. The number of benzene rings is 6. The van der Waals surface area contributed by atoms with Crippen molar-refractivity contribution in [1.82, 2.24) is 58.1 Å². The van der Waals surface area contributed by atoms with E-state index in [4.69, 9.17) is 15.0 Å². The van der Waals surface area contributed by atoms with Gasteiger partial charge >= 0.3 is 0 Å². The zero-order chi connectivity index (χ0) is 61.9. The Kier molecular flexibility index (Phi) is 14.6. The molecule has 12 nitrogen and oxygen atoms in total. The maximum absolute atomic E-state index is 5.10. The fourth-order valence-electron chi connectivity index (χ4n) is 12.1. The van der Waals surface area contributed by atoms with E-state index in [0.29, 0.717) is 0 Å². The van der Waals surface area contributed by atoms with Crippen molar-refractivity contribution in [3.63, 3.8) is 0 Å². The van der Waals surface area contributed by atoms with E-state index < -0.39 is 0 Å². The normalized spacial score (nSPS) is 11.2. The lowest BCUT2D eigenvalue weighted by molar-refractivity contribution is 1.17. The van der Waals surface area contributed by atoms with Crippen molar-refractivity contribution in [2.24, 2.45) is 0 Å². The lowest BCUT2D eigenvalue weighted by atomic mass is 10.0. The molecule has 12 aromatic heterocycles. The second kappa shape index (κ2) is 24.6. The monoisotopic (exact) mass is 1190 g/mol. The highest BCUT2D eigenvalue weighted by Gasteiger charge is 2.21. The summed E-state index contributed by atoms with van der Waals surface area (Å²) in [6.07, 6.45) is 14.6. The Labute approximate surface area is 534 Å². The maximum atomic E-state index is 5.10. The van der Waals surface area contributed by atoms with Gasteiger partial charge in [-0.2, -0.15) is 0 Å². The average molecular weight is 1200 g/mol. The van der Waals surface area contributed by atoms with Crippen LogP contribution in [0.5, 0.6) is 0 Å². The Morgan fingerprint density at radius 1 is 0.204 bits per heavy atom. The van der Waals surface area contributed by atoms with Crippen molar-refractivity contribution in [1.29, 1.82) is 0 Å². The molecule has 18 aromatic rings. The lowest BCUT2D eigenvalue weighted by Crippen LogP contribution is -1.94. The van der Waals surface area contributed by atoms with Gasteiger partial charge in [-0.15, -0.1) is 0 Å². The second-order valence-electron chi connectivity index (χ2n) is 22.3. The summed E-state index contributed by atoms with van der Waals surface area (Å²) in [5, 5.41) is 3.25. The Morgan fingerprint density at radius 2 is 0.548 bits per heavy atom. The van der Waals surface area contributed by atoms with Crippen molar-refractivity contribution < 1.29 is 0 Å². The Hall–Kier alpha value is -12.9. The van der Waals surface area contributed by atoms with Gasteiger partial charge in [-0.1, -0.05) is 176 Å². The molecule has 12 heterocycles. The SMILES string of the molecule is c1ccc(-c2nc(-c3ccc(-c4ccccn4)cc3)n3c2ccc2cccnc23)cc1.c1ccc(-c2nc(-c3ccc(-c4cccnc4)cc3)n3c2ccc2cccnc23)cc1.c1ccc(-c2nc(-c3ccc(-c4ccncc4)cc3)n3c2ccc2cccnc23)cc1. The van der Waals surface area contributed by atoms with E-state index in [0.717, 1.165) is 151 Å². The van der Waals surface area contributed by atoms with Crippen LogP contribution >= 0.6 is 0 Å². The Bertz CT molecular complexity index is 5070. The smallest absolute Gasteiger partial charge is 0.146 e. The van der Waals surface area contributed by atoms with Gasteiger partial charge in [0.05, 0.1) is 39.3 Å². The third-order valence-electron chi connectivity index (χ3n) is 16.6. The van der Waals surface area contributed by atoms with Crippen LogP contribution in [0.25, 0.3) is 151 Å². The molecule has 93 heavy (non-hydrogen) atoms. The van der Waals surface area contributed by atoms with E-state index in [1.165, 1.54) is 0 Å². The molecule has 12 heteroatoms. The zero-order valence-electron chi connectivity index (χ0n) is 50.0. The van der Waals surface area contributed by atoms with Gasteiger partial charge < -0.3 is 0 Å². The summed E-state index contributed by atoms with van der Waals surface area (Å²) in [6.45, 7) is 0. The number of hydrogen-bond donors (Lipinski definition) is 0. The van der Waals surface area contributed by atoms with Gasteiger partial charge in [0.25, 0.3) is 0 Å². The number of aromatic nitrogens is 12. The first-order chi connectivity index (χ1) is 46.1. The number of rotatable bonds is 9. The van der Waals surface area contributed by atoms with Crippen LogP contribution in [0.1, 0.15) is 0 Å². The van der Waals surface area contributed by atoms with Gasteiger partial charge in [0.2, 0.25) is 0 Å². The Balaban J connectivity index is 0.000000111. The van der Waals surface area contributed by atoms with E-state index in [1.54, 1.807) is 6.20 Å². The standard InChI is InChI=1S/3C27H18N4/c1-2-6-20(7-3-1)25-24-15-14-21-8-5-17-29-26(21)31(24)27(30-25)22-12-10-19(11-13-22)23-9-4-16-28-18-23;1-2-7-20(8-3-1)25-24-16-15-21-9-6-18-29-26(21)31(24)27(30-25)22-13-11-19(12-14-22)23-10-4-5-17-28-23;1-2-5-21(6-3-1)25-24-13-12-22-7-4-16-29-26(22)31(24)27(30-25)23-10-8-19(9-11-23)20-14-17-28-18-15-20/h3*1-18H. The molecule has 18 rings (SSSR count). The number of fused-ring (bicyclic) bond motifs is 9. The molecule has 0 aliphatic rings. The summed E-state index contributed by atoms with van der Waals surface area (Å²) in [6, 6.07) is 95.2. The van der Waals surface area contributed by atoms with Gasteiger partial charge in [0, 0.05) is 105 Å². The number of imidazole rings is 3. The fourth-order valence-corrected chi connectivity index (χ4v) is 12.1. The molecule has 0 aliphatic carbocycles. The van der Waals surface area contributed by atoms with E-state index >= 15 is 0 Å². The molecule has 0 spiro atoms. The first-order valence-electron chi connectivity index (χ1n) is 30.6. The highest BCUT2D eigenvalue weighted by atomic mass is 15.1. The molecule has 438 valence electrons. The third-order valence-corrected chi connectivity index (χ3v) is 16.6. The molecule has 0 saturated carbocycles. The van der Waals surface area contributed by atoms with Gasteiger partial charge in [-0.3, -0.25) is 28.2 Å². The lowest BCUT2D eigenvalue weighted by Gasteiger charge is -2.07. The largest absolute Gasteiger partial charge is 0.276 e. The molecule has 0 N–H and O–H groups in total.